The van der Waals surface area contributed by atoms with Crippen LogP contribution in [0.3, 0.4) is 0 Å². The number of nitrogens with one attached hydrogen (secondary N) is 1. The minimum Gasteiger partial charge on any atom is -0.371 e. The van der Waals surface area contributed by atoms with Crippen molar-refractivity contribution in [3.63, 3.8) is 0 Å². The molecule has 0 saturated heterocycles. The summed E-state index contributed by atoms with van der Waals surface area (Å²) in [7, 11) is 3.60. The zero-order valence-corrected chi connectivity index (χ0v) is 8.35. The minimum absolute atomic E-state index is 0.418. The van der Waals surface area contributed by atoms with Crippen LogP contribution in [0, 0.1) is 11.6 Å². The second-order valence-electron chi connectivity index (χ2n) is 3.12. The Kier molecular flexibility index (Phi) is 3.83. The van der Waals surface area contributed by atoms with Crippen LogP contribution in [0.5, 0.6) is 0 Å². The summed E-state index contributed by atoms with van der Waals surface area (Å²) in [6.45, 7) is 1.44. The predicted octanol–water partition coefficient (Wildman–Crippen LogP) is 1.62. The Morgan fingerprint density at radius 1 is 1.36 bits per heavy atom. The van der Waals surface area contributed by atoms with Crippen LogP contribution in [-0.2, 0) is 0 Å². The third-order valence-electron chi connectivity index (χ3n) is 2.02. The second-order valence-corrected chi connectivity index (χ2v) is 3.12. The highest BCUT2D eigenvalue weighted by Gasteiger charge is 2.07. The average Bonchev–Trinajstić information content (AvgIpc) is 2.14. The van der Waals surface area contributed by atoms with Crippen LogP contribution in [0.1, 0.15) is 0 Å². The van der Waals surface area contributed by atoms with E-state index in [1.165, 1.54) is 12.1 Å². The number of halogens is 2. The number of hydrogen-bond donors (Lipinski definition) is 1. The van der Waals surface area contributed by atoms with Gasteiger partial charge in [-0.25, -0.2) is 8.78 Å². The van der Waals surface area contributed by atoms with Crippen LogP contribution in [0.15, 0.2) is 18.2 Å². The first kappa shape index (κ1) is 10.9. The molecule has 0 atom stereocenters. The van der Waals surface area contributed by atoms with Gasteiger partial charge in [0.15, 0.2) is 0 Å². The minimum atomic E-state index is -0.548. The van der Waals surface area contributed by atoms with Crippen molar-refractivity contribution in [3.8, 4) is 0 Å². The van der Waals surface area contributed by atoms with E-state index < -0.39 is 11.6 Å². The van der Waals surface area contributed by atoms with Crippen LogP contribution in [0.25, 0.3) is 0 Å². The zero-order chi connectivity index (χ0) is 10.6. The van der Waals surface area contributed by atoms with Gasteiger partial charge >= 0.3 is 0 Å². The number of nitrogens with zero attached hydrogens (tertiary/aromatic N) is 1. The van der Waals surface area contributed by atoms with Gasteiger partial charge in [-0.05, 0) is 19.2 Å². The van der Waals surface area contributed by atoms with Crippen molar-refractivity contribution in [1.29, 1.82) is 0 Å². The lowest BCUT2D eigenvalue weighted by atomic mass is 10.2. The number of hydrogen-bond acceptors (Lipinski definition) is 2. The van der Waals surface area contributed by atoms with Gasteiger partial charge in [-0.2, -0.15) is 0 Å². The molecule has 0 heterocycles. The molecule has 0 aliphatic carbocycles. The van der Waals surface area contributed by atoms with E-state index in [1.807, 2.05) is 7.05 Å². The Morgan fingerprint density at radius 3 is 2.64 bits per heavy atom. The molecule has 0 fully saturated rings. The fourth-order valence-corrected chi connectivity index (χ4v) is 1.19. The summed E-state index contributed by atoms with van der Waals surface area (Å²) < 4.78 is 25.8. The standard InChI is InChI=1S/C10H14F2N2/c1-13-5-6-14(2)10-4-3-8(11)7-9(10)12/h3-4,7,13H,5-6H2,1-2H3. The highest BCUT2D eigenvalue weighted by molar-refractivity contribution is 5.46. The molecule has 1 aromatic rings. The highest BCUT2D eigenvalue weighted by atomic mass is 19.1. The predicted molar refractivity (Wildman–Crippen MR) is 53.6 cm³/mol. The summed E-state index contributed by atoms with van der Waals surface area (Å²) in [5.41, 5.74) is 0.418. The number of benzene rings is 1. The summed E-state index contributed by atoms with van der Waals surface area (Å²) in [6.07, 6.45) is 0. The smallest absolute Gasteiger partial charge is 0.149 e. The topological polar surface area (TPSA) is 15.3 Å². The third kappa shape index (κ3) is 2.67. The summed E-state index contributed by atoms with van der Waals surface area (Å²) in [5.74, 6) is -1.07. The molecular formula is C10H14F2N2. The van der Waals surface area contributed by atoms with Crippen LogP contribution in [-0.4, -0.2) is 27.2 Å². The molecule has 4 heteroatoms. The maximum atomic E-state index is 13.2. The van der Waals surface area contributed by atoms with Gasteiger partial charge < -0.3 is 10.2 Å². The molecule has 78 valence electrons. The summed E-state index contributed by atoms with van der Waals surface area (Å²) >= 11 is 0. The third-order valence-corrected chi connectivity index (χ3v) is 2.02. The van der Waals surface area contributed by atoms with E-state index in [0.29, 0.717) is 12.2 Å². The van der Waals surface area contributed by atoms with E-state index in [4.69, 9.17) is 0 Å². The molecular weight excluding hydrogens is 186 g/mol. The number of likely N-dealkylation sites (N-methyl/N-ethyl adjacent to an activating group) is 2. The van der Waals surface area contributed by atoms with Gasteiger partial charge in [0.05, 0.1) is 5.69 Å². The molecule has 1 N–H and O–H groups in total. The molecule has 14 heavy (non-hydrogen) atoms. The quantitative estimate of drug-likeness (QED) is 0.794. The molecule has 0 aliphatic heterocycles. The zero-order valence-electron chi connectivity index (χ0n) is 8.35. The van der Waals surface area contributed by atoms with Crippen molar-refractivity contribution in [2.75, 3.05) is 32.1 Å². The summed E-state index contributed by atoms with van der Waals surface area (Å²) in [5, 5.41) is 2.96. The first-order valence-electron chi connectivity index (χ1n) is 4.46. The van der Waals surface area contributed by atoms with Crippen molar-refractivity contribution in [1.82, 2.24) is 5.32 Å². The number of anilines is 1. The molecule has 1 aromatic carbocycles. The molecule has 0 aliphatic rings. The fraction of sp³-hybridized carbons (Fsp3) is 0.400. The van der Waals surface area contributed by atoms with Gasteiger partial charge in [0.25, 0.3) is 0 Å². The summed E-state index contributed by atoms with van der Waals surface area (Å²) in [6, 6.07) is 3.60. The molecule has 0 amide bonds. The van der Waals surface area contributed by atoms with Crippen molar-refractivity contribution in [2.45, 2.75) is 0 Å². The first-order chi connectivity index (χ1) is 6.65. The summed E-state index contributed by atoms with van der Waals surface area (Å²) in [4.78, 5) is 1.74. The molecule has 2 nitrogen and oxygen atoms in total. The Labute approximate surface area is 82.5 Å². The Balaban J connectivity index is 2.74. The maximum absolute atomic E-state index is 13.2. The Bertz CT molecular complexity index is 302. The van der Waals surface area contributed by atoms with Crippen molar-refractivity contribution in [2.24, 2.45) is 0 Å². The Hall–Kier alpha value is -1.16. The molecule has 0 spiro atoms. The van der Waals surface area contributed by atoms with E-state index in [0.717, 1.165) is 12.6 Å². The molecule has 1 rings (SSSR count). The van der Waals surface area contributed by atoms with Crippen molar-refractivity contribution in [3.05, 3.63) is 29.8 Å². The second kappa shape index (κ2) is 4.91. The molecule has 0 radical (unpaired) electrons. The van der Waals surface area contributed by atoms with E-state index >= 15 is 0 Å². The normalized spacial score (nSPS) is 10.3. The molecule has 0 saturated carbocycles. The first-order valence-corrected chi connectivity index (χ1v) is 4.46. The number of rotatable bonds is 4. The molecule has 0 unspecified atom stereocenters. The van der Waals surface area contributed by atoms with Gasteiger partial charge in [-0.3, -0.25) is 0 Å². The maximum Gasteiger partial charge on any atom is 0.149 e. The van der Waals surface area contributed by atoms with Gasteiger partial charge in [0.2, 0.25) is 0 Å². The fourth-order valence-electron chi connectivity index (χ4n) is 1.19. The van der Waals surface area contributed by atoms with Crippen LogP contribution < -0.4 is 10.2 Å². The van der Waals surface area contributed by atoms with E-state index in [2.05, 4.69) is 5.32 Å². The van der Waals surface area contributed by atoms with Gasteiger partial charge in [-0.1, -0.05) is 0 Å². The lowest BCUT2D eigenvalue weighted by molar-refractivity contribution is 0.580. The van der Waals surface area contributed by atoms with Crippen LogP contribution in [0.2, 0.25) is 0 Å². The highest BCUT2D eigenvalue weighted by Crippen LogP contribution is 2.18. The monoisotopic (exact) mass is 200 g/mol. The van der Waals surface area contributed by atoms with Crippen LogP contribution >= 0.6 is 0 Å². The largest absolute Gasteiger partial charge is 0.371 e. The van der Waals surface area contributed by atoms with Gasteiger partial charge in [0.1, 0.15) is 11.6 Å². The van der Waals surface area contributed by atoms with E-state index in [1.54, 1.807) is 11.9 Å². The van der Waals surface area contributed by atoms with Crippen molar-refractivity contribution < 1.29 is 8.78 Å². The van der Waals surface area contributed by atoms with Gasteiger partial charge in [0, 0.05) is 26.2 Å². The Morgan fingerprint density at radius 2 is 2.07 bits per heavy atom. The SMILES string of the molecule is CNCCN(C)c1ccc(F)cc1F. The van der Waals surface area contributed by atoms with E-state index in [-0.39, 0.29) is 0 Å². The van der Waals surface area contributed by atoms with Crippen molar-refractivity contribution >= 4 is 5.69 Å². The van der Waals surface area contributed by atoms with Crippen LogP contribution in [0.4, 0.5) is 14.5 Å². The average molecular weight is 200 g/mol. The lowest BCUT2D eigenvalue weighted by Gasteiger charge is -2.19. The van der Waals surface area contributed by atoms with Gasteiger partial charge in [-0.15, -0.1) is 0 Å². The van der Waals surface area contributed by atoms with E-state index in [9.17, 15) is 8.78 Å². The molecule has 0 aromatic heterocycles. The molecule has 0 bridgehead atoms. The lowest BCUT2D eigenvalue weighted by Crippen LogP contribution is -2.27.